The Morgan fingerprint density at radius 2 is 2.47 bits per heavy atom. The summed E-state index contributed by atoms with van der Waals surface area (Å²) in [5.41, 5.74) is 6.11. The van der Waals surface area contributed by atoms with E-state index in [0.717, 1.165) is 31.7 Å². The van der Waals surface area contributed by atoms with Crippen molar-refractivity contribution in [2.45, 2.75) is 50.7 Å². The van der Waals surface area contributed by atoms with Gasteiger partial charge in [-0.2, -0.15) is 5.10 Å². The fraction of sp³-hybridized carbons (Fsp3) is 0.833. The summed E-state index contributed by atoms with van der Waals surface area (Å²) in [6.45, 7) is 0.920. The molecular formula is C12H22N4O. The Balaban J connectivity index is 1.70. The van der Waals surface area contributed by atoms with Crippen LogP contribution < -0.4 is 5.73 Å². The molecule has 0 radical (unpaired) electrons. The number of aryl methyl sites for hydroxylation is 1. The van der Waals surface area contributed by atoms with Crippen LogP contribution in [0.5, 0.6) is 0 Å². The summed E-state index contributed by atoms with van der Waals surface area (Å²) in [7, 11) is 1.90. The highest BCUT2D eigenvalue weighted by Crippen LogP contribution is 2.18. The standard InChI is InChI=1S/C12H22N4O/c1-16-12(14-9-15-16)8-10(13)5-6-11-4-2-3-7-17-11/h9-11H,2-8,13H2,1H3. The molecule has 1 aromatic rings. The van der Waals surface area contributed by atoms with Gasteiger partial charge < -0.3 is 10.5 Å². The van der Waals surface area contributed by atoms with E-state index in [1.54, 1.807) is 11.0 Å². The minimum atomic E-state index is 0.156. The second-order valence-corrected chi connectivity index (χ2v) is 4.83. The van der Waals surface area contributed by atoms with Gasteiger partial charge in [-0.25, -0.2) is 4.98 Å². The summed E-state index contributed by atoms with van der Waals surface area (Å²) in [6.07, 6.45) is 8.56. The van der Waals surface area contributed by atoms with Gasteiger partial charge in [0.15, 0.2) is 0 Å². The van der Waals surface area contributed by atoms with Crippen LogP contribution in [0.1, 0.15) is 37.9 Å². The lowest BCUT2D eigenvalue weighted by Gasteiger charge is -2.23. The largest absolute Gasteiger partial charge is 0.378 e. The topological polar surface area (TPSA) is 66.0 Å². The minimum Gasteiger partial charge on any atom is -0.378 e. The first-order chi connectivity index (χ1) is 8.25. The normalized spacial score (nSPS) is 22.6. The Bertz CT molecular complexity index is 333. The lowest BCUT2D eigenvalue weighted by atomic mass is 10.0. The zero-order chi connectivity index (χ0) is 12.1. The highest BCUT2D eigenvalue weighted by Gasteiger charge is 2.16. The molecule has 2 N–H and O–H groups in total. The summed E-state index contributed by atoms with van der Waals surface area (Å²) >= 11 is 0. The van der Waals surface area contributed by atoms with E-state index in [2.05, 4.69) is 10.1 Å². The molecule has 2 atom stereocenters. The fourth-order valence-corrected chi connectivity index (χ4v) is 2.28. The molecule has 2 unspecified atom stereocenters. The predicted octanol–water partition coefficient (Wildman–Crippen LogP) is 1.03. The second-order valence-electron chi connectivity index (χ2n) is 4.83. The SMILES string of the molecule is Cn1ncnc1CC(N)CCC1CCCCO1. The van der Waals surface area contributed by atoms with Crippen LogP contribution >= 0.6 is 0 Å². The van der Waals surface area contributed by atoms with Crippen molar-refractivity contribution in [2.24, 2.45) is 12.8 Å². The van der Waals surface area contributed by atoms with Crippen molar-refractivity contribution in [3.63, 3.8) is 0 Å². The van der Waals surface area contributed by atoms with E-state index in [4.69, 9.17) is 10.5 Å². The predicted molar refractivity (Wildman–Crippen MR) is 65.5 cm³/mol. The summed E-state index contributed by atoms with van der Waals surface area (Å²) in [5, 5.41) is 4.04. The fourth-order valence-electron chi connectivity index (χ4n) is 2.28. The van der Waals surface area contributed by atoms with Crippen LogP contribution in [-0.4, -0.2) is 33.5 Å². The van der Waals surface area contributed by atoms with Crippen LogP contribution in [0.15, 0.2) is 6.33 Å². The number of hydrogen-bond donors (Lipinski definition) is 1. The number of aromatic nitrogens is 3. The molecule has 1 saturated heterocycles. The molecule has 96 valence electrons. The molecule has 1 aromatic heterocycles. The van der Waals surface area contributed by atoms with Crippen molar-refractivity contribution in [3.05, 3.63) is 12.2 Å². The molecule has 0 bridgehead atoms. The summed E-state index contributed by atoms with van der Waals surface area (Å²) in [4.78, 5) is 4.19. The van der Waals surface area contributed by atoms with E-state index in [9.17, 15) is 0 Å². The number of hydrogen-bond acceptors (Lipinski definition) is 4. The van der Waals surface area contributed by atoms with E-state index in [1.165, 1.54) is 19.3 Å². The molecule has 0 spiro atoms. The Labute approximate surface area is 102 Å². The number of nitrogens with zero attached hydrogens (tertiary/aromatic N) is 3. The Hall–Kier alpha value is -0.940. The van der Waals surface area contributed by atoms with E-state index < -0.39 is 0 Å². The van der Waals surface area contributed by atoms with Crippen LogP contribution in [0.2, 0.25) is 0 Å². The quantitative estimate of drug-likeness (QED) is 0.832. The molecule has 2 rings (SSSR count). The van der Waals surface area contributed by atoms with Crippen LogP contribution in [0, 0.1) is 0 Å². The molecule has 2 heterocycles. The van der Waals surface area contributed by atoms with Gasteiger partial charge in [-0.3, -0.25) is 4.68 Å². The first-order valence-corrected chi connectivity index (χ1v) is 6.46. The molecule has 1 aliphatic rings. The Morgan fingerprint density at radius 1 is 1.59 bits per heavy atom. The van der Waals surface area contributed by atoms with Gasteiger partial charge in [-0.05, 0) is 32.1 Å². The Morgan fingerprint density at radius 3 is 3.12 bits per heavy atom. The molecule has 1 aliphatic heterocycles. The van der Waals surface area contributed by atoms with Gasteiger partial charge in [0.1, 0.15) is 12.2 Å². The van der Waals surface area contributed by atoms with Crippen LogP contribution in [0.3, 0.4) is 0 Å². The van der Waals surface area contributed by atoms with Crippen LogP contribution in [0.4, 0.5) is 0 Å². The molecular weight excluding hydrogens is 216 g/mol. The van der Waals surface area contributed by atoms with Crippen molar-refractivity contribution in [2.75, 3.05) is 6.61 Å². The molecule has 5 heteroatoms. The van der Waals surface area contributed by atoms with Gasteiger partial charge in [-0.15, -0.1) is 0 Å². The van der Waals surface area contributed by atoms with Crippen LogP contribution in [0.25, 0.3) is 0 Å². The van der Waals surface area contributed by atoms with Crippen molar-refractivity contribution < 1.29 is 4.74 Å². The Kier molecular flexibility index (Phi) is 4.50. The third kappa shape index (κ3) is 3.78. The van der Waals surface area contributed by atoms with E-state index in [-0.39, 0.29) is 6.04 Å². The van der Waals surface area contributed by atoms with Crippen molar-refractivity contribution >= 4 is 0 Å². The molecule has 17 heavy (non-hydrogen) atoms. The summed E-state index contributed by atoms with van der Waals surface area (Å²) in [6, 6.07) is 0.156. The molecule has 0 aliphatic carbocycles. The third-order valence-electron chi connectivity index (χ3n) is 3.38. The summed E-state index contributed by atoms with van der Waals surface area (Å²) < 4.78 is 7.49. The average molecular weight is 238 g/mol. The van der Waals surface area contributed by atoms with E-state index in [1.807, 2.05) is 7.05 Å². The lowest BCUT2D eigenvalue weighted by Crippen LogP contribution is -2.28. The van der Waals surface area contributed by atoms with Gasteiger partial charge in [0.2, 0.25) is 0 Å². The average Bonchev–Trinajstić information content (AvgIpc) is 2.74. The highest BCUT2D eigenvalue weighted by atomic mass is 16.5. The van der Waals surface area contributed by atoms with Crippen LogP contribution in [-0.2, 0) is 18.2 Å². The first kappa shape index (κ1) is 12.5. The van der Waals surface area contributed by atoms with Gasteiger partial charge >= 0.3 is 0 Å². The number of rotatable bonds is 5. The van der Waals surface area contributed by atoms with Gasteiger partial charge in [-0.1, -0.05) is 0 Å². The monoisotopic (exact) mass is 238 g/mol. The zero-order valence-electron chi connectivity index (χ0n) is 10.5. The van der Waals surface area contributed by atoms with E-state index in [0.29, 0.717) is 6.10 Å². The second kappa shape index (κ2) is 6.12. The molecule has 0 saturated carbocycles. The smallest absolute Gasteiger partial charge is 0.138 e. The maximum Gasteiger partial charge on any atom is 0.138 e. The maximum absolute atomic E-state index is 6.11. The maximum atomic E-state index is 6.11. The highest BCUT2D eigenvalue weighted by molar-refractivity contribution is 4.88. The van der Waals surface area contributed by atoms with Gasteiger partial charge in [0, 0.05) is 26.1 Å². The molecule has 0 aromatic carbocycles. The van der Waals surface area contributed by atoms with Gasteiger partial charge in [0.25, 0.3) is 0 Å². The minimum absolute atomic E-state index is 0.156. The van der Waals surface area contributed by atoms with E-state index >= 15 is 0 Å². The van der Waals surface area contributed by atoms with Crippen molar-refractivity contribution in [1.29, 1.82) is 0 Å². The number of nitrogens with two attached hydrogens (primary N) is 1. The van der Waals surface area contributed by atoms with Crippen molar-refractivity contribution in [3.8, 4) is 0 Å². The first-order valence-electron chi connectivity index (χ1n) is 6.46. The van der Waals surface area contributed by atoms with Crippen molar-refractivity contribution in [1.82, 2.24) is 14.8 Å². The number of ether oxygens (including phenoxy) is 1. The molecule has 1 fully saturated rings. The molecule has 5 nitrogen and oxygen atoms in total. The lowest BCUT2D eigenvalue weighted by molar-refractivity contribution is 0.00912. The summed E-state index contributed by atoms with van der Waals surface area (Å²) in [5.74, 6) is 0.960. The third-order valence-corrected chi connectivity index (χ3v) is 3.38. The zero-order valence-corrected chi connectivity index (χ0v) is 10.5. The van der Waals surface area contributed by atoms with Gasteiger partial charge in [0.05, 0.1) is 6.10 Å². The molecule has 0 amide bonds.